The van der Waals surface area contributed by atoms with Crippen molar-refractivity contribution in [3.05, 3.63) is 65.3 Å². The summed E-state index contributed by atoms with van der Waals surface area (Å²) in [6.45, 7) is 0.748. The van der Waals surface area contributed by atoms with Crippen LogP contribution in [-0.2, 0) is 11.2 Å². The Morgan fingerprint density at radius 3 is 2.83 bits per heavy atom. The van der Waals surface area contributed by atoms with Gasteiger partial charge in [0.25, 0.3) is 0 Å². The van der Waals surface area contributed by atoms with E-state index in [-0.39, 0.29) is 12.3 Å². The zero-order valence-electron chi connectivity index (χ0n) is 13.9. The highest BCUT2D eigenvalue weighted by atomic mass is 16.4. The number of carboxylic acids is 1. The van der Waals surface area contributed by atoms with Crippen LogP contribution in [0.3, 0.4) is 0 Å². The fourth-order valence-electron chi connectivity index (χ4n) is 3.74. The molecule has 2 aliphatic carbocycles. The molecule has 2 unspecified atom stereocenters. The lowest BCUT2D eigenvalue weighted by molar-refractivity contribution is -0.135. The maximum absolute atomic E-state index is 11.3. The molecule has 0 aliphatic heterocycles. The number of unbranched alkanes of at least 4 members (excludes halogenated alkanes) is 1. The average Bonchev–Trinajstić information content (AvgIpc) is 2.71. The van der Waals surface area contributed by atoms with Crippen molar-refractivity contribution in [2.24, 2.45) is 17.6 Å². The number of allylic oxidation sites excluding steroid dienone is 5. The summed E-state index contributed by atoms with van der Waals surface area (Å²) < 4.78 is 0. The Balaban J connectivity index is 1.88. The summed E-state index contributed by atoms with van der Waals surface area (Å²) in [5, 5.41) is 9.26. The summed E-state index contributed by atoms with van der Waals surface area (Å²) >= 11 is 0. The van der Waals surface area contributed by atoms with Gasteiger partial charge in [-0.2, -0.15) is 0 Å². The van der Waals surface area contributed by atoms with Crippen molar-refractivity contribution in [1.29, 1.82) is 0 Å². The number of rotatable bonds is 6. The van der Waals surface area contributed by atoms with Gasteiger partial charge in [-0.25, -0.2) is 0 Å². The van der Waals surface area contributed by atoms with Gasteiger partial charge < -0.3 is 10.8 Å². The van der Waals surface area contributed by atoms with Crippen LogP contribution in [0.15, 0.2) is 54.1 Å². The third-order valence-corrected chi connectivity index (χ3v) is 4.93. The number of hydrogen-bond donors (Lipinski definition) is 2. The Kier molecular flexibility index (Phi) is 5.31. The van der Waals surface area contributed by atoms with E-state index < -0.39 is 5.97 Å². The summed E-state index contributed by atoms with van der Waals surface area (Å²) in [6.07, 6.45) is 13.3. The minimum Gasteiger partial charge on any atom is -0.481 e. The molecule has 0 spiro atoms. The predicted octanol–water partition coefficient (Wildman–Crippen LogP) is 3.96. The second-order valence-electron chi connectivity index (χ2n) is 6.71. The van der Waals surface area contributed by atoms with E-state index in [1.54, 1.807) is 0 Å². The number of hydrogen-bond acceptors (Lipinski definition) is 2. The van der Waals surface area contributed by atoms with Gasteiger partial charge in [0.2, 0.25) is 0 Å². The fraction of sp³-hybridized carbons (Fsp3) is 0.381. The Morgan fingerprint density at radius 1 is 1.21 bits per heavy atom. The van der Waals surface area contributed by atoms with Crippen LogP contribution in [-0.4, -0.2) is 17.6 Å². The molecule has 0 fully saturated rings. The third-order valence-electron chi connectivity index (χ3n) is 4.93. The summed E-state index contributed by atoms with van der Waals surface area (Å²) in [7, 11) is 0. The van der Waals surface area contributed by atoms with Crippen LogP contribution in [0.25, 0.3) is 5.57 Å². The van der Waals surface area contributed by atoms with Gasteiger partial charge in [0.05, 0.1) is 6.42 Å². The number of fused-ring (bicyclic) bond motifs is 2. The molecule has 1 aromatic carbocycles. The molecule has 2 atom stereocenters. The molecule has 3 heteroatoms. The van der Waals surface area contributed by atoms with Gasteiger partial charge in [0, 0.05) is 5.92 Å². The Hall–Kier alpha value is -2.13. The van der Waals surface area contributed by atoms with Crippen molar-refractivity contribution >= 4 is 11.5 Å². The first-order valence-corrected chi connectivity index (χ1v) is 8.77. The van der Waals surface area contributed by atoms with Gasteiger partial charge in [0.1, 0.15) is 0 Å². The highest BCUT2D eigenvalue weighted by molar-refractivity contribution is 5.85. The van der Waals surface area contributed by atoms with Crippen LogP contribution in [0.1, 0.15) is 36.8 Å². The van der Waals surface area contributed by atoms with E-state index in [0.717, 1.165) is 43.4 Å². The molecule has 2 aliphatic rings. The second kappa shape index (κ2) is 7.63. The molecule has 0 heterocycles. The number of aliphatic carboxylic acids is 1. The first-order valence-electron chi connectivity index (χ1n) is 8.77. The monoisotopic (exact) mass is 323 g/mol. The predicted molar refractivity (Wildman–Crippen MR) is 97.5 cm³/mol. The molecule has 0 bridgehead atoms. The van der Waals surface area contributed by atoms with Crippen LogP contribution in [0.4, 0.5) is 0 Å². The molecule has 24 heavy (non-hydrogen) atoms. The van der Waals surface area contributed by atoms with Crippen LogP contribution in [0.2, 0.25) is 0 Å². The van der Waals surface area contributed by atoms with Gasteiger partial charge in [-0.05, 0) is 54.8 Å². The van der Waals surface area contributed by atoms with Crippen molar-refractivity contribution in [1.82, 2.24) is 0 Å². The molecule has 3 N–H and O–H groups in total. The summed E-state index contributed by atoms with van der Waals surface area (Å²) in [4.78, 5) is 11.3. The van der Waals surface area contributed by atoms with E-state index in [9.17, 15) is 9.90 Å². The van der Waals surface area contributed by atoms with Crippen LogP contribution in [0, 0.1) is 11.8 Å². The molecular formula is C21H25NO2. The summed E-state index contributed by atoms with van der Waals surface area (Å²) in [5.74, 6) is -0.0763. The minimum absolute atomic E-state index is 0.0845. The summed E-state index contributed by atoms with van der Waals surface area (Å²) in [6, 6.07) is 8.22. The standard InChI is InChI=1S/C21H25NO2/c22-10-4-3-5-15-8-9-16-12-19(14-21(23)24)20-7-2-1-6-17(20)13-18(16)11-15/h1-2,6-9,11-12,16,18H,3-5,10,13-14,22H2,(H,23,24). The van der Waals surface area contributed by atoms with Crippen molar-refractivity contribution in [3.8, 4) is 0 Å². The van der Waals surface area contributed by atoms with E-state index in [4.69, 9.17) is 5.73 Å². The molecule has 0 radical (unpaired) electrons. The van der Waals surface area contributed by atoms with Gasteiger partial charge in [-0.1, -0.05) is 54.1 Å². The summed E-state index contributed by atoms with van der Waals surface area (Å²) in [5.41, 5.74) is 10.3. The smallest absolute Gasteiger partial charge is 0.307 e. The lowest BCUT2D eigenvalue weighted by Crippen LogP contribution is -2.14. The molecule has 3 nitrogen and oxygen atoms in total. The van der Waals surface area contributed by atoms with Crippen molar-refractivity contribution in [3.63, 3.8) is 0 Å². The zero-order chi connectivity index (χ0) is 16.9. The average molecular weight is 323 g/mol. The van der Waals surface area contributed by atoms with E-state index in [1.165, 1.54) is 11.1 Å². The van der Waals surface area contributed by atoms with Crippen molar-refractivity contribution in [2.45, 2.75) is 32.1 Å². The Labute approximate surface area is 143 Å². The van der Waals surface area contributed by atoms with Crippen molar-refractivity contribution < 1.29 is 9.90 Å². The van der Waals surface area contributed by atoms with E-state index in [2.05, 4.69) is 36.4 Å². The van der Waals surface area contributed by atoms with E-state index in [1.807, 2.05) is 12.1 Å². The maximum Gasteiger partial charge on any atom is 0.307 e. The molecule has 0 aromatic heterocycles. The van der Waals surface area contributed by atoms with E-state index >= 15 is 0 Å². The number of nitrogens with two attached hydrogens (primary N) is 1. The Bertz CT molecular complexity index is 700. The zero-order valence-corrected chi connectivity index (χ0v) is 13.9. The van der Waals surface area contributed by atoms with Crippen LogP contribution in [0.5, 0.6) is 0 Å². The normalized spacial score (nSPS) is 22.0. The lowest BCUT2D eigenvalue weighted by Gasteiger charge is -2.23. The third kappa shape index (κ3) is 3.85. The molecular weight excluding hydrogens is 298 g/mol. The largest absolute Gasteiger partial charge is 0.481 e. The fourth-order valence-corrected chi connectivity index (χ4v) is 3.74. The number of benzene rings is 1. The second-order valence-corrected chi connectivity index (χ2v) is 6.71. The molecule has 0 saturated heterocycles. The highest BCUT2D eigenvalue weighted by Gasteiger charge is 2.26. The van der Waals surface area contributed by atoms with Crippen LogP contribution >= 0.6 is 0 Å². The minimum atomic E-state index is -0.771. The van der Waals surface area contributed by atoms with Gasteiger partial charge in [-0.3, -0.25) is 4.79 Å². The SMILES string of the molecule is NCCCCC1=CC2Cc3ccccc3C(CC(=O)O)=CC2C=C1. The molecule has 0 amide bonds. The number of carboxylic acid groups (broad SMARTS) is 1. The quantitative estimate of drug-likeness (QED) is 0.779. The van der Waals surface area contributed by atoms with Gasteiger partial charge in [-0.15, -0.1) is 0 Å². The van der Waals surface area contributed by atoms with Gasteiger partial charge >= 0.3 is 5.97 Å². The number of carbonyl (C=O) groups is 1. The van der Waals surface area contributed by atoms with E-state index in [0.29, 0.717) is 5.92 Å². The lowest BCUT2D eigenvalue weighted by atomic mass is 9.82. The van der Waals surface area contributed by atoms with Crippen molar-refractivity contribution in [2.75, 3.05) is 6.54 Å². The van der Waals surface area contributed by atoms with Crippen LogP contribution < -0.4 is 5.73 Å². The highest BCUT2D eigenvalue weighted by Crippen LogP contribution is 2.37. The Morgan fingerprint density at radius 2 is 2.04 bits per heavy atom. The molecule has 126 valence electrons. The first kappa shape index (κ1) is 16.7. The molecule has 0 saturated carbocycles. The molecule has 3 rings (SSSR count). The topological polar surface area (TPSA) is 63.3 Å². The molecule has 1 aromatic rings. The first-order chi connectivity index (χ1) is 11.7. The maximum atomic E-state index is 11.3. The van der Waals surface area contributed by atoms with Gasteiger partial charge in [0.15, 0.2) is 0 Å².